The van der Waals surface area contributed by atoms with Crippen LogP contribution in [0.25, 0.3) is 0 Å². The first-order valence-corrected chi connectivity index (χ1v) is 5.95. The number of hydrogen-bond acceptors (Lipinski definition) is 2. The Kier molecular flexibility index (Phi) is 6.12. The van der Waals surface area contributed by atoms with E-state index in [1.807, 2.05) is 6.92 Å². The van der Waals surface area contributed by atoms with E-state index in [0.717, 1.165) is 19.6 Å². The molecule has 0 fully saturated rings. The molecule has 1 aromatic rings. The van der Waals surface area contributed by atoms with Gasteiger partial charge in [0.25, 0.3) is 0 Å². The molecule has 90 valence electrons. The van der Waals surface area contributed by atoms with E-state index in [0.29, 0.717) is 13.2 Å². The van der Waals surface area contributed by atoms with Crippen LogP contribution >= 0.6 is 0 Å². The molecule has 0 spiro atoms. The Morgan fingerprint density at radius 2 is 1.69 bits per heavy atom. The van der Waals surface area contributed by atoms with Gasteiger partial charge in [-0.3, -0.25) is 0 Å². The average molecular weight is 222 g/mol. The lowest BCUT2D eigenvalue weighted by atomic mass is 10.0. The highest BCUT2D eigenvalue weighted by atomic mass is 16.5. The predicted molar refractivity (Wildman–Crippen MR) is 66.9 cm³/mol. The van der Waals surface area contributed by atoms with Crippen LogP contribution in [0.3, 0.4) is 0 Å². The zero-order valence-electron chi connectivity index (χ0n) is 10.6. The van der Waals surface area contributed by atoms with E-state index in [9.17, 15) is 0 Å². The SMILES string of the molecule is CCOCCOCCc1ccc(C)c(C)c1. The van der Waals surface area contributed by atoms with Gasteiger partial charge >= 0.3 is 0 Å². The Morgan fingerprint density at radius 1 is 0.938 bits per heavy atom. The summed E-state index contributed by atoms with van der Waals surface area (Å²) in [7, 11) is 0. The molecule has 0 saturated carbocycles. The van der Waals surface area contributed by atoms with Gasteiger partial charge in [0.2, 0.25) is 0 Å². The van der Waals surface area contributed by atoms with Crippen molar-refractivity contribution in [1.82, 2.24) is 0 Å². The largest absolute Gasteiger partial charge is 0.379 e. The van der Waals surface area contributed by atoms with E-state index in [2.05, 4.69) is 32.0 Å². The normalized spacial score (nSPS) is 10.7. The quantitative estimate of drug-likeness (QED) is 0.660. The highest BCUT2D eigenvalue weighted by Gasteiger charge is 1.96. The van der Waals surface area contributed by atoms with Crippen molar-refractivity contribution in [2.45, 2.75) is 27.2 Å². The van der Waals surface area contributed by atoms with E-state index >= 15 is 0 Å². The molecule has 0 bridgehead atoms. The standard InChI is InChI=1S/C14H22O2/c1-4-15-9-10-16-8-7-14-6-5-12(2)13(3)11-14/h5-6,11H,4,7-10H2,1-3H3. The molecule has 0 N–H and O–H groups in total. The van der Waals surface area contributed by atoms with Gasteiger partial charge in [-0.05, 0) is 43.9 Å². The van der Waals surface area contributed by atoms with Gasteiger partial charge in [0.15, 0.2) is 0 Å². The molecule has 0 saturated heterocycles. The van der Waals surface area contributed by atoms with Gasteiger partial charge < -0.3 is 9.47 Å². The number of benzene rings is 1. The number of rotatable bonds is 7. The monoisotopic (exact) mass is 222 g/mol. The van der Waals surface area contributed by atoms with Gasteiger partial charge in [-0.25, -0.2) is 0 Å². The van der Waals surface area contributed by atoms with Crippen LogP contribution in [0.5, 0.6) is 0 Å². The zero-order valence-corrected chi connectivity index (χ0v) is 10.6. The van der Waals surface area contributed by atoms with Crippen LogP contribution in [-0.2, 0) is 15.9 Å². The maximum Gasteiger partial charge on any atom is 0.0700 e. The molecule has 1 aromatic carbocycles. The van der Waals surface area contributed by atoms with E-state index in [-0.39, 0.29) is 0 Å². The third kappa shape index (κ3) is 4.77. The van der Waals surface area contributed by atoms with Crippen molar-refractivity contribution in [2.75, 3.05) is 26.4 Å². The molecular formula is C14H22O2. The van der Waals surface area contributed by atoms with Crippen LogP contribution in [0, 0.1) is 13.8 Å². The number of aryl methyl sites for hydroxylation is 2. The van der Waals surface area contributed by atoms with Gasteiger partial charge in [0, 0.05) is 6.61 Å². The van der Waals surface area contributed by atoms with Crippen molar-refractivity contribution in [1.29, 1.82) is 0 Å². The Balaban J connectivity index is 2.19. The second-order valence-corrected chi connectivity index (χ2v) is 3.98. The lowest BCUT2D eigenvalue weighted by molar-refractivity contribution is 0.0541. The number of hydrogen-bond donors (Lipinski definition) is 0. The van der Waals surface area contributed by atoms with Crippen molar-refractivity contribution in [2.24, 2.45) is 0 Å². The number of ether oxygens (including phenoxy) is 2. The van der Waals surface area contributed by atoms with Crippen molar-refractivity contribution in [3.8, 4) is 0 Å². The van der Waals surface area contributed by atoms with Crippen LogP contribution in [0.15, 0.2) is 18.2 Å². The van der Waals surface area contributed by atoms with E-state index in [1.54, 1.807) is 0 Å². The molecule has 0 atom stereocenters. The first-order chi connectivity index (χ1) is 7.74. The Bertz CT molecular complexity index is 308. The van der Waals surface area contributed by atoms with Crippen LogP contribution in [0.1, 0.15) is 23.6 Å². The summed E-state index contributed by atoms with van der Waals surface area (Å²) in [4.78, 5) is 0. The molecule has 16 heavy (non-hydrogen) atoms. The van der Waals surface area contributed by atoms with Gasteiger partial charge in [0.05, 0.1) is 19.8 Å². The fraction of sp³-hybridized carbons (Fsp3) is 0.571. The molecule has 0 heterocycles. The van der Waals surface area contributed by atoms with Gasteiger partial charge in [-0.1, -0.05) is 18.2 Å². The zero-order chi connectivity index (χ0) is 11.8. The second-order valence-electron chi connectivity index (χ2n) is 3.98. The third-order valence-corrected chi connectivity index (χ3v) is 2.68. The molecule has 0 aliphatic rings. The summed E-state index contributed by atoms with van der Waals surface area (Å²) in [6.07, 6.45) is 0.979. The highest BCUT2D eigenvalue weighted by molar-refractivity contribution is 5.29. The van der Waals surface area contributed by atoms with E-state index in [1.165, 1.54) is 16.7 Å². The minimum atomic E-state index is 0.693. The van der Waals surface area contributed by atoms with Gasteiger partial charge in [0.1, 0.15) is 0 Å². The summed E-state index contributed by atoms with van der Waals surface area (Å²) in [5.41, 5.74) is 4.05. The molecule has 0 aromatic heterocycles. The maximum absolute atomic E-state index is 5.48. The summed E-state index contributed by atoms with van der Waals surface area (Å²) >= 11 is 0. The first-order valence-electron chi connectivity index (χ1n) is 5.95. The van der Waals surface area contributed by atoms with Crippen molar-refractivity contribution < 1.29 is 9.47 Å². The average Bonchev–Trinajstić information content (AvgIpc) is 2.28. The van der Waals surface area contributed by atoms with Gasteiger partial charge in [-0.2, -0.15) is 0 Å². The summed E-state index contributed by atoms with van der Waals surface area (Å²) in [5, 5.41) is 0. The molecule has 2 heteroatoms. The molecule has 0 aliphatic carbocycles. The molecule has 0 radical (unpaired) electrons. The van der Waals surface area contributed by atoms with Crippen LogP contribution < -0.4 is 0 Å². The summed E-state index contributed by atoms with van der Waals surface area (Å²) < 4.78 is 10.7. The Hall–Kier alpha value is -0.860. The Labute approximate surface area is 98.6 Å². The first kappa shape index (κ1) is 13.2. The van der Waals surface area contributed by atoms with Crippen molar-refractivity contribution in [3.63, 3.8) is 0 Å². The van der Waals surface area contributed by atoms with Crippen LogP contribution in [0.2, 0.25) is 0 Å². The smallest absolute Gasteiger partial charge is 0.0700 e. The fourth-order valence-electron chi connectivity index (χ4n) is 1.51. The van der Waals surface area contributed by atoms with Gasteiger partial charge in [-0.15, -0.1) is 0 Å². The predicted octanol–water partition coefficient (Wildman–Crippen LogP) is 2.90. The molecule has 1 rings (SSSR count). The van der Waals surface area contributed by atoms with Crippen LogP contribution in [0.4, 0.5) is 0 Å². The molecule has 0 unspecified atom stereocenters. The van der Waals surface area contributed by atoms with Crippen LogP contribution in [-0.4, -0.2) is 26.4 Å². The van der Waals surface area contributed by atoms with E-state index < -0.39 is 0 Å². The highest BCUT2D eigenvalue weighted by Crippen LogP contribution is 2.10. The molecule has 0 aliphatic heterocycles. The topological polar surface area (TPSA) is 18.5 Å². The lowest BCUT2D eigenvalue weighted by Crippen LogP contribution is -2.06. The van der Waals surface area contributed by atoms with E-state index in [4.69, 9.17) is 9.47 Å². The third-order valence-electron chi connectivity index (χ3n) is 2.68. The maximum atomic E-state index is 5.48. The minimum Gasteiger partial charge on any atom is -0.379 e. The van der Waals surface area contributed by atoms with Crippen molar-refractivity contribution in [3.05, 3.63) is 34.9 Å². The minimum absolute atomic E-state index is 0.693. The summed E-state index contributed by atoms with van der Waals surface area (Å²) in [6.45, 7) is 9.21. The summed E-state index contributed by atoms with van der Waals surface area (Å²) in [5.74, 6) is 0. The molecular weight excluding hydrogens is 200 g/mol. The second kappa shape index (κ2) is 7.42. The molecule has 0 amide bonds. The lowest BCUT2D eigenvalue weighted by Gasteiger charge is -2.06. The molecule has 2 nitrogen and oxygen atoms in total. The summed E-state index contributed by atoms with van der Waals surface area (Å²) in [6, 6.07) is 6.58. The van der Waals surface area contributed by atoms with Crippen molar-refractivity contribution >= 4 is 0 Å². The Morgan fingerprint density at radius 3 is 2.38 bits per heavy atom. The fourth-order valence-corrected chi connectivity index (χ4v) is 1.51.